The van der Waals surface area contributed by atoms with Crippen LogP contribution >= 0.6 is 0 Å². The Labute approximate surface area is 379 Å². The number of hydrogen-bond donors (Lipinski definition) is 12. The van der Waals surface area contributed by atoms with Crippen molar-refractivity contribution in [2.45, 2.75) is 143 Å². The first-order valence-electron chi connectivity index (χ1n) is 22.1. The van der Waals surface area contributed by atoms with Gasteiger partial charge in [0, 0.05) is 51.1 Å². The van der Waals surface area contributed by atoms with Crippen LogP contribution in [0.4, 0.5) is 0 Å². The zero-order chi connectivity index (χ0) is 48.8. The Balaban J connectivity index is -0.000000719. The number of amides is 5. The lowest BCUT2D eigenvalue weighted by Gasteiger charge is -2.24. The molecule has 17 N–H and O–H groups in total. The summed E-state index contributed by atoms with van der Waals surface area (Å²) in [4.78, 5) is 61.5. The van der Waals surface area contributed by atoms with Gasteiger partial charge in [-0.15, -0.1) is 12.3 Å². The van der Waals surface area contributed by atoms with E-state index in [1.807, 2.05) is 70.2 Å². The summed E-state index contributed by atoms with van der Waals surface area (Å²) in [5, 5.41) is 30.3. The Morgan fingerprint density at radius 1 is 0.905 bits per heavy atom. The number of aliphatic hydroxyl groups excluding tert-OH is 2. The van der Waals surface area contributed by atoms with E-state index >= 15 is 0 Å². The average molecular weight is 891 g/mol. The lowest BCUT2D eigenvalue weighted by molar-refractivity contribution is -0.132. The molecule has 0 aliphatic heterocycles. The van der Waals surface area contributed by atoms with Crippen molar-refractivity contribution in [3.05, 3.63) is 59.3 Å². The van der Waals surface area contributed by atoms with Crippen molar-refractivity contribution in [1.82, 2.24) is 26.6 Å². The van der Waals surface area contributed by atoms with E-state index in [-0.39, 0.29) is 56.0 Å². The summed E-state index contributed by atoms with van der Waals surface area (Å²) in [5.41, 5.74) is 30.4. The summed E-state index contributed by atoms with van der Waals surface area (Å²) in [6.07, 6.45) is 24.2. The predicted octanol–water partition coefficient (Wildman–Crippen LogP) is 1.34. The van der Waals surface area contributed by atoms with Crippen molar-refractivity contribution < 1.29 is 34.2 Å². The normalized spacial score (nSPS) is 14.0. The third kappa shape index (κ3) is 42.4. The quantitative estimate of drug-likeness (QED) is 0.0241. The van der Waals surface area contributed by atoms with Crippen LogP contribution in [-0.2, 0) is 24.0 Å². The fourth-order valence-corrected chi connectivity index (χ4v) is 5.17. The van der Waals surface area contributed by atoms with Gasteiger partial charge >= 0.3 is 0 Å². The summed E-state index contributed by atoms with van der Waals surface area (Å²) < 4.78 is 0. The average Bonchev–Trinajstić information content (AvgIpc) is 3.49. The van der Waals surface area contributed by atoms with Gasteiger partial charge in [-0.1, -0.05) is 70.2 Å². The Bertz CT molecular complexity index is 1410. The SMILES string of the molecule is C#CC.CC.CC/C=C(\CO)CC(C)N.CC/C=C/C1=CC(CC(NC(=O)CNC=O)C(=O)NC(CCCN)C(=O)NCCCC(N)CC(=O)NCCN)=CCC=C1.C[C@@H](O)CN. The second kappa shape index (κ2) is 46.8. The molecule has 0 aromatic heterocycles. The fourth-order valence-electron chi connectivity index (χ4n) is 5.17. The van der Waals surface area contributed by atoms with Gasteiger partial charge in [0.2, 0.25) is 30.0 Å². The fraction of sp³-hybridized carbons (Fsp3) is 0.630. The molecule has 1 aliphatic carbocycles. The summed E-state index contributed by atoms with van der Waals surface area (Å²) in [6.45, 7) is 14.9. The number of carbonyl (C=O) groups is 5. The second-order valence-electron chi connectivity index (χ2n) is 14.2. The van der Waals surface area contributed by atoms with Crippen molar-refractivity contribution >= 4 is 30.0 Å². The summed E-state index contributed by atoms with van der Waals surface area (Å²) in [5.74, 6) is 0.633. The minimum Gasteiger partial charge on any atom is -0.392 e. The molecule has 1 rings (SSSR count). The number of rotatable bonds is 27. The van der Waals surface area contributed by atoms with Crippen molar-refractivity contribution in [3.8, 4) is 12.3 Å². The highest BCUT2D eigenvalue weighted by Crippen LogP contribution is 2.18. The largest absolute Gasteiger partial charge is 0.392 e. The Morgan fingerprint density at radius 3 is 2.08 bits per heavy atom. The van der Waals surface area contributed by atoms with Crippen LogP contribution in [0.15, 0.2) is 59.3 Å². The number of nitrogens with one attached hydrogen (secondary N) is 5. The first-order chi connectivity index (χ1) is 30.1. The molecule has 0 aromatic carbocycles. The van der Waals surface area contributed by atoms with Gasteiger partial charge in [0.15, 0.2) is 0 Å². The standard InChI is InChI=1S/C30H50N8O5.C8H17NO.C3H9NO.C3H4.C2H6/c1-2-3-8-22-9-4-5-10-23(17-22)18-26(37-28(41)20-34-21-39)30(43)38-25(12-6-13-31)29(42)36-15-7-11-24(33)19-27(40)35-16-14-32;1-3-4-8(6-10)5-7(2)9;1-3(5)2-4;1-3-2;1-2/h3-4,8-10,17,21,24-26H,2,5-7,11-16,18-20,31-33H2,1H3,(H,34,39)(H,35,40)(H,36,42)(H,37,41)(H,38,43);4,7,10H,3,5-6,9H2,1-2H3;3,5H,2,4H2,1H3;1H,2H3;1-2H3/b8-3+;8-4-;;;/t;;3-;;/m..1../s1. The van der Waals surface area contributed by atoms with E-state index in [2.05, 4.69) is 45.9 Å². The highest BCUT2D eigenvalue weighted by atomic mass is 16.3. The monoisotopic (exact) mass is 891 g/mol. The van der Waals surface area contributed by atoms with Gasteiger partial charge in [-0.05, 0) is 95.4 Å². The molecular weight excluding hydrogens is 805 g/mol. The van der Waals surface area contributed by atoms with Gasteiger partial charge in [-0.3, -0.25) is 24.0 Å². The van der Waals surface area contributed by atoms with Gasteiger partial charge in [0.05, 0.1) is 19.3 Å². The summed E-state index contributed by atoms with van der Waals surface area (Å²) in [6, 6.07) is -2.07. The molecule has 63 heavy (non-hydrogen) atoms. The maximum atomic E-state index is 13.5. The minimum absolute atomic E-state index is 0.148. The Hall–Kier alpha value is -4.67. The lowest BCUT2D eigenvalue weighted by atomic mass is 10.0. The van der Waals surface area contributed by atoms with E-state index in [4.69, 9.17) is 38.9 Å². The van der Waals surface area contributed by atoms with Crippen LogP contribution in [0.25, 0.3) is 0 Å². The number of hydrogen-bond acceptors (Lipinski definition) is 12. The Kier molecular flexibility index (Phi) is 48.3. The van der Waals surface area contributed by atoms with Crippen LogP contribution in [0.3, 0.4) is 0 Å². The van der Waals surface area contributed by atoms with E-state index < -0.39 is 23.9 Å². The van der Waals surface area contributed by atoms with Crippen LogP contribution in [0.2, 0.25) is 0 Å². The maximum absolute atomic E-state index is 13.5. The molecule has 0 bridgehead atoms. The van der Waals surface area contributed by atoms with Crippen molar-refractivity contribution in [3.63, 3.8) is 0 Å². The zero-order valence-corrected chi connectivity index (χ0v) is 39.4. The van der Waals surface area contributed by atoms with Crippen molar-refractivity contribution in [1.29, 1.82) is 0 Å². The minimum atomic E-state index is -0.991. The molecule has 0 aromatic rings. The van der Waals surface area contributed by atoms with E-state index in [1.165, 1.54) is 0 Å². The van der Waals surface area contributed by atoms with Gasteiger partial charge in [0.25, 0.3) is 0 Å². The van der Waals surface area contributed by atoms with E-state index in [0.717, 1.165) is 36.0 Å². The van der Waals surface area contributed by atoms with E-state index in [0.29, 0.717) is 71.2 Å². The maximum Gasteiger partial charge on any atom is 0.243 e. The molecular formula is C46H86N10O7. The molecule has 0 saturated carbocycles. The molecule has 0 heterocycles. The first-order valence-corrected chi connectivity index (χ1v) is 22.1. The molecule has 362 valence electrons. The molecule has 0 saturated heterocycles. The third-order valence-electron chi connectivity index (χ3n) is 8.08. The highest BCUT2D eigenvalue weighted by molar-refractivity contribution is 5.92. The molecule has 17 heteroatoms. The molecule has 0 radical (unpaired) electrons. The molecule has 17 nitrogen and oxygen atoms in total. The predicted molar refractivity (Wildman–Crippen MR) is 257 cm³/mol. The molecule has 0 fully saturated rings. The molecule has 1 aliphatic rings. The van der Waals surface area contributed by atoms with Crippen LogP contribution in [-0.4, -0.2) is 116 Å². The zero-order valence-electron chi connectivity index (χ0n) is 39.4. The number of terminal acetylenes is 1. The summed E-state index contributed by atoms with van der Waals surface area (Å²) >= 11 is 0. The van der Waals surface area contributed by atoms with Crippen LogP contribution in [0.1, 0.15) is 113 Å². The van der Waals surface area contributed by atoms with Crippen LogP contribution in [0.5, 0.6) is 0 Å². The number of allylic oxidation sites excluding steroid dienone is 8. The van der Waals surface area contributed by atoms with Gasteiger partial charge < -0.3 is 65.5 Å². The smallest absolute Gasteiger partial charge is 0.243 e. The molecule has 5 atom stereocenters. The third-order valence-corrected chi connectivity index (χ3v) is 8.08. The topological polar surface area (TPSA) is 316 Å². The molecule has 0 spiro atoms. The highest BCUT2D eigenvalue weighted by Gasteiger charge is 2.27. The number of nitrogens with two attached hydrogens (primary N) is 5. The number of aliphatic hydroxyl groups is 2. The van der Waals surface area contributed by atoms with E-state index in [1.54, 1.807) is 13.8 Å². The number of carbonyl (C=O) groups excluding carboxylic acids is 5. The first kappa shape index (κ1) is 64.9. The van der Waals surface area contributed by atoms with Crippen LogP contribution < -0.4 is 55.3 Å². The van der Waals surface area contributed by atoms with Gasteiger partial charge in [-0.25, -0.2) is 0 Å². The Morgan fingerprint density at radius 2 is 1.56 bits per heavy atom. The lowest BCUT2D eigenvalue weighted by Crippen LogP contribution is -2.54. The van der Waals surface area contributed by atoms with Gasteiger partial charge in [0.1, 0.15) is 12.1 Å². The second-order valence-corrected chi connectivity index (χ2v) is 14.2. The van der Waals surface area contributed by atoms with Gasteiger partial charge in [-0.2, -0.15) is 0 Å². The summed E-state index contributed by atoms with van der Waals surface area (Å²) in [7, 11) is 0. The van der Waals surface area contributed by atoms with Crippen molar-refractivity contribution in [2.24, 2.45) is 28.7 Å². The van der Waals surface area contributed by atoms with Crippen molar-refractivity contribution in [2.75, 3.05) is 45.9 Å². The van der Waals surface area contributed by atoms with E-state index in [9.17, 15) is 24.0 Å². The molecule has 4 unspecified atom stereocenters. The van der Waals surface area contributed by atoms with Crippen LogP contribution in [0, 0.1) is 12.3 Å². The molecule has 5 amide bonds.